The van der Waals surface area contributed by atoms with Crippen LogP contribution < -0.4 is 5.43 Å². The summed E-state index contributed by atoms with van der Waals surface area (Å²) in [6.45, 7) is 0. The molecule has 2 rings (SSSR count). The van der Waals surface area contributed by atoms with Crippen molar-refractivity contribution in [2.45, 2.75) is 37.8 Å². The van der Waals surface area contributed by atoms with Crippen LogP contribution in [0.3, 0.4) is 0 Å². The third-order valence-corrected chi connectivity index (χ3v) is 2.16. The summed E-state index contributed by atoms with van der Waals surface area (Å²) >= 11 is 0. The second-order valence-electron chi connectivity index (χ2n) is 2.80. The Balaban J connectivity index is 2.03. The predicted octanol–water partition coefficient (Wildman–Crippen LogP) is 1.27. The van der Waals surface area contributed by atoms with Crippen LogP contribution in [0.2, 0.25) is 0 Å². The van der Waals surface area contributed by atoms with E-state index >= 15 is 0 Å². The molecule has 1 aliphatic carbocycles. The first-order valence-corrected chi connectivity index (χ1v) is 3.62. The molecule has 0 spiro atoms. The smallest absolute Gasteiger partial charge is 0.0947 e. The highest BCUT2D eigenvalue weighted by atomic mass is 15.5. The summed E-state index contributed by atoms with van der Waals surface area (Å²) in [5.74, 6) is 0. The first-order valence-electron chi connectivity index (χ1n) is 3.62. The molecular weight excluding hydrogens is 114 g/mol. The first-order chi connectivity index (χ1) is 4.47. The molecule has 0 bridgehead atoms. The maximum atomic E-state index is 4.07. The molecule has 3 nitrogen and oxygen atoms in total. The summed E-state index contributed by atoms with van der Waals surface area (Å²) < 4.78 is 0. The zero-order valence-corrected chi connectivity index (χ0v) is 5.38. The number of nitrogens with one attached hydrogen (secondary N) is 1. The molecule has 1 N–H and O–H groups in total. The lowest BCUT2D eigenvalue weighted by Crippen LogP contribution is -2.33. The van der Waals surface area contributed by atoms with Crippen molar-refractivity contribution < 1.29 is 0 Å². The molecule has 0 aromatic carbocycles. The molecule has 50 valence electrons. The maximum absolute atomic E-state index is 4.07. The molecule has 1 heterocycles. The quantitative estimate of drug-likeness (QED) is 0.520. The van der Waals surface area contributed by atoms with Crippen molar-refractivity contribution in [3.05, 3.63) is 0 Å². The lowest BCUT2D eigenvalue weighted by molar-refractivity contribution is 0.378. The van der Waals surface area contributed by atoms with Crippen LogP contribution in [0.5, 0.6) is 0 Å². The average Bonchev–Trinajstić information content (AvgIpc) is 2.33. The predicted molar refractivity (Wildman–Crippen MR) is 34.0 cm³/mol. The Bertz CT molecular complexity index is 132. The van der Waals surface area contributed by atoms with E-state index in [1.165, 1.54) is 25.7 Å². The van der Waals surface area contributed by atoms with Gasteiger partial charge in [-0.2, -0.15) is 5.11 Å². The van der Waals surface area contributed by atoms with Gasteiger partial charge >= 0.3 is 0 Å². The van der Waals surface area contributed by atoms with E-state index in [2.05, 4.69) is 15.8 Å². The lowest BCUT2D eigenvalue weighted by atomic mass is 9.92. The lowest BCUT2D eigenvalue weighted by Gasteiger charge is -2.20. The molecule has 1 saturated carbocycles. The molecule has 2 atom stereocenters. The van der Waals surface area contributed by atoms with E-state index in [0.717, 1.165) is 0 Å². The molecule has 0 aromatic heterocycles. The van der Waals surface area contributed by atoms with Crippen LogP contribution in [0.25, 0.3) is 0 Å². The van der Waals surface area contributed by atoms with Gasteiger partial charge in [0.2, 0.25) is 0 Å². The summed E-state index contributed by atoms with van der Waals surface area (Å²) in [5, 5.41) is 7.87. The summed E-state index contributed by atoms with van der Waals surface area (Å²) in [5.41, 5.74) is 3.02. The Morgan fingerprint density at radius 3 is 3.00 bits per heavy atom. The second-order valence-corrected chi connectivity index (χ2v) is 2.80. The summed E-state index contributed by atoms with van der Waals surface area (Å²) in [6, 6.07) is 1.09. The molecule has 1 fully saturated rings. The van der Waals surface area contributed by atoms with E-state index in [9.17, 15) is 0 Å². The summed E-state index contributed by atoms with van der Waals surface area (Å²) in [7, 11) is 0. The van der Waals surface area contributed by atoms with Gasteiger partial charge in [-0.1, -0.05) is 18.1 Å². The standard InChI is InChI=1S/C6H11N3/c1-2-4-6-5(3-1)7-9-8-6/h5-6H,1-4H2,(H,7,8)/t5-,6-/m1/s1. The monoisotopic (exact) mass is 125 g/mol. The van der Waals surface area contributed by atoms with Crippen molar-refractivity contribution in [2.75, 3.05) is 0 Å². The summed E-state index contributed by atoms with van der Waals surface area (Å²) in [4.78, 5) is 0. The molecule has 9 heavy (non-hydrogen) atoms. The maximum Gasteiger partial charge on any atom is 0.0947 e. The molecule has 3 heteroatoms. The van der Waals surface area contributed by atoms with E-state index in [-0.39, 0.29) is 0 Å². The Labute approximate surface area is 54.5 Å². The molecule has 0 aromatic rings. The van der Waals surface area contributed by atoms with Crippen LogP contribution in [0.4, 0.5) is 0 Å². The zero-order valence-electron chi connectivity index (χ0n) is 5.38. The fraction of sp³-hybridized carbons (Fsp3) is 1.00. The van der Waals surface area contributed by atoms with Gasteiger partial charge in [-0.3, -0.25) is 5.43 Å². The molecule has 0 saturated heterocycles. The zero-order chi connectivity index (χ0) is 6.10. The Morgan fingerprint density at radius 2 is 2.11 bits per heavy atom. The Morgan fingerprint density at radius 1 is 1.22 bits per heavy atom. The number of fused-ring (bicyclic) bond motifs is 1. The van der Waals surface area contributed by atoms with Gasteiger partial charge in [-0.25, -0.2) is 0 Å². The van der Waals surface area contributed by atoms with Crippen LogP contribution >= 0.6 is 0 Å². The molecule has 1 aliphatic heterocycles. The highest BCUT2D eigenvalue weighted by Crippen LogP contribution is 2.24. The van der Waals surface area contributed by atoms with Gasteiger partial charge in [0, 0.05) is 0 Å². The van der Waals surface area contributed by atoms with Crippen molar-refractivity contribution >= 4 is 0 Å². The van der Waals surface area contributed by atoms with Gasteiger partial charge in [0.15, 0.2) is 0 Å². The SMILES string of the molecule is C1CC[C@H]2NN=N[C@@H]2C1. The fourth-order valence-electron chi connectivity index (χ4n) is 1.58. The van der Waals surface area contributed by atoms with E-state index in [1.807, 2.05) is 0 Å². The van der Waals surface area contributed by atoms with E-state index in [1.54, 1.807) is 0 Å². The van der Waals surface area contributed by atoms with Crippen molar-refractivity contribution in [3.8, 4) is 0 Å². The molecule has 2 aliphatic rings. The minimum absolute atomic E-state index is 0.513. The first kappa shape index (κ1) is 5.21. The van der Waals surface area contributed by atoms with Gasteiger partial charge in [0.1, 0.15) is 0 Å². The number of rotatable bonds is 0. The second kappa shape index (κ2) is 1.97. The van der Waals surface area contributed by atoms with E-state index in [0.29, 0.717) is 12.1 Å². The van der Waals surface area contributed by atoms with Crippen molar-refractivity contribution in [2.24, 2.45) is 10.3 Å². The number of nitrogens with zero attached hydrogens (tertiary/aromatic N) is 2. The van der Waals surface area contributed by atoms with Crippen molar-refractivity contribution in [1.82, 2.24) is 5.43 Å². The average molecular weight is 125 g/mol. The van der Waals surface area contributed by atoms with Crippen LogP contribution in [-0.4, -0.2) is 12.1 Å². The minimum atomic E-state index is 0.513. The van der Waals surface area contributed by atoms with Crippen LogP contribution in [0.1, 0.15) is 25.7 Å². The minimum Gasteiger partial charge on any atom is -0.286 e. The van der Waals surface area contributed by atoms with Crippen LogP contribution in [0, 0.1) is 0 Å². The molecule has 0 radical (unpaired) electrons. The van der Waals surface area contributed by atoms with E-state index in [4.69, 9.17) is 0 Å². The highest BCUT2D eigenvalue weighted by Gasteiger charge is 2.27. The van der Waals surface area contributed by atoms with Gasteiger partial charge in [0.25, 0.3) is 0 Å². The van der Waals surface area contributed by atoms with Gasteiger partial charge in [0.05, 0.1) is 12.1 Å². The van der Waals surface area contributed by atoms with E-state index < -0.39 is 0 Å². The molecular formula is C6H11N3. The molecule has 0 unspecified atom stereocenters. The fourth-order valence-corrected chi connectivity index (χ4v) is 1.58. The third kappa shape index (κ3) is 0.802. The number of hydrogen-bond donors (Lipinski definition) is 1. The third-order valence-electron chi connectivity index (χ3n) is 2.16. The molecule has 0 amide bonds. The van der Waals surface area contributed by atoms with Crippen LogP contribution in [0.15, 0.2) is 10.3 Å². The van der Waals surface area contributed by atoms with Gasteiger partial charge < -0.3 is 0 Å². The Hall–Kier alpha value is -0.600. The Kier molecular flexibility index (Phi) is 1.14. The van der Waals surface area contributed by atoms with Gasteiger partial charge in [-0.05, 0) is 12.8 Å². The van der Waals surface area contributed by atoms with Crippen molar-refractivity contribution in [1.29, 1.82) is 0 Å². The number of hydrogen-bond acceptors (Lipinski definition) is 3. The summed E-state index contributed by atoms with van der Waals surface area (Å²) in [6.07, 6.45) is 5.18. The highest BCUT2D eigenvalue weighted by molar-refractivity contribution is 4.86. The normalized spacial score (nSPS) is 40.0. The van der Waals surface area contributed by atoms with Crippen LogP contribution in [-0.2, 0) is 0 Å². The van der Waals surface area contributed by atoms with Crippen molar-refractivity contribution in [3.63, 3.8) is 0 Å². The topological polar surface area (TPSA) is 36.8 Å². The van der Waals surface area contributed by atoms with Gasteiger partial charge in [-0.15, -0.1) is 0 Å². The largest absolute Gasteiger partial charge is 0.286 e.